The average Bonchev–Trinajstić information content (AvgIpc) is 3.34. The molecule has 0 bridgehead atoms. The second-order valence-corrected chi connectivity index (χ2v) is 8.72. The monoisotopic (exact) mass is 458 g/mol. The third-order valence-corrected chi connectivity index (χ3v) is 6.27. The van der Waals surface area contributed by atoms with Crippen LogP contribution in [-0.2, 0) is 11.3 Å². The van der Waals surface area contributed by atoms with Crippen molar-refractivity contribution in [3.63, 3.8) is 0 Å². The summed E-state index contributed by atoms with van der Waals surface area (Å²) in [5.41, 5.74) is 4.18. The normalized spacial score (nSPS) is 16.2. The van der Waals surface area contributed by atoms with Gasteiger partial charge in [-0.15, -0.1) is 0 Å². The van der Waals surface area contributed by atoms with E-state index in [1.54, 1.807) is 12.1 Å². The first-order chi connectivity index (χ1) is 16.6. The lowest BCUT2D eigenvalue weighted by Crippen LogP contribution is -2.45. The summed E-state index contributed by atoms with van der Waals surface area (Å²) >= 11 is 0. The van der Waals surface area contributed by atoms with Crippen LogP contribution in [0.5, 0.6) is 11.5 Å². The van der Waals surface area contributed by atoms with E-state index in [0.717, 1.165) is 38.4 Å². The second-order valence-electron chi connectivity index (χ2n) is 8.72. The summed E-state index contributed by atoms with van der Waals surface area (Å²) in [6.45, 7) is 7.18. The fraction of sp³-hybridized carbons (Fsp3) is 0.296. The number of rotatable bonds is 7. The molecule has 2 aliphatic heterocycles. The number of fused-ring (bicyclic) bond motifs is 1. The number of carbonyl (C=O) groups excluding carboxylic acids is 1. The predicted octanol–water partition coefficient (Wildman–Crippen LogP) is 4.18. The molecule has 2 heterocycles. The highest BCUT2D eigenvalue weighted by molar-refractivity contribution is 5.96. The fourth-order valence-electron chi connectivity index (χ4n) is 4.31. The number of nitrogens with zero attached hydrogens (tertiary/aromatic N) is 2. The SMILES string of the molecule is C[C@@H](Nc1ccc(N2CCN(Cc3ccccc3)CC2)cc1)C(=O)Nc1ccc2c(c1)OCO2. The lowest BCUT2D eigenvalue weighted by atomic mass is 10.2. The van der Waals surface area contributed by atoms with Crippen LogP contribution in [0.2, 0.25) is 0 Å². The van der Waals surface area contributed by atoms with Crippen LogP contribution in [0.4, 0.5) is 17.1 Å². The highest BCUT2D eigenvalue weighted by Crippen LogP contribution is 2.34. The van der Waals surface area contributed by atoms with Gasteiger partial charge in [-0.2, -0.15) is 0 Å². The minimum absolute atomic E-state index is 0.113. The third kappa shape index (κ3) is 5.26. The molecule has 1 amide bonds. The second kappa shape index (κ2) is 10.1. The molecule has 34 heavy (non-hydrogen) atoms. The zero-order chi connectivity index (χ0) is 23.3. The number of hydrogen-bond acceptors (Lipinski definition) is 6. The Morgan fingerprint density at radius 1 is 0.882 bits per heavy atom. The Labute approximate surface area is 200 Å². The van der Waals surface area contributed by atoms with Gasteiger partial charge in [0, 0.05) is 55.9 Å². The molecule has 0 unspecified atom stereocenters. The van der Waals surface area contributed by atoms with E-state index in [-0.39, 0.29) is 12.7 Å². The van der Waals surface area contributed by atoms with Crippen LogP contribution in [0.25, 0.3) is 0 Å². The van der Waals surface area contributed by atoms with Crippen LogP contribution < -0.4 is 25.0 Å². The molecule has 7 heteroatoms. The highest BCUT2D eigenvalue weighted by Gasteiger charge is 2.19. The number of anilines is 3. The van der Waals surface area contributed by atoms with Crippen LogP contribution >= 0.6 is 0 Å². The molecular formula is C27H30N4O3. The molecule has 0 radical (unpaired) electrons. The molecule has 3 aromatic rings. The standard InChI is InChI=1S/C27H30N4O3/c1-20(27(32)29-23-9-12-25-26(17-23)34-19-33-25)28-22-7-10-24(11-8-22)31-15-13-30(14-16-31)18-21-5-3-2-4-6-21/h2-12,17,20,28H,13-16,18-19H2,1H3,(H,29,32)/t20-/m1/s1. The Balaban J connectivity index is 1.10. The molecule has 2 N–H and O–H groups in total. The van der Waals surface area contributed by atoms with Crippen LogP contribution in [0.1, 0.15) is 12.5 Å². The maximum absolute atomic E-state index is 12.6. The number of piperazine rings is 1. The number of hydrogen-bond donors (Lipinski definition) is 2. The number of carbonyl (C=O) groups is 1. The van der Waals surface area contributed by atoms with Gasteiger partial charge in [0.25, 0.3) is 0 Å². The third-order valence-electron chi connectivity index (χ3n) is 6.27. The molecule has 0 aromatic heterocycles. The predicted molar refractivity (Wildman–Crippen MR) is 135 cm³/mol. The first-order valence-electron chi connectivity index (χ1n) is 11.7. The molecule has 0 aliphatic carbocycles. The van der Waals surface area contributed by atoms with Gasteiger partial charge in [0.1, 0.15) is 6.04 Å². The molecule has 1 saturated heterocycles. The number of nitrogens with one attached hydrogen (secondary N) is 2. The summed E-state index contributed by atoms with van der Waals surface area (Å²) in [4.78, 5) is 17.6. The van der Waals surface area contributed by atoms with Crippen molar-refractivity contribution in [2.75, 3.05) is 48.5 Å². The van der Waals surface area contributed by atoms with Crippen molar-refractivity contribution < 1.29 is 14.3 Å². The van der Waals surface area contributed by atoms with Crippen molar-refractivity contribution in [3.05, 3.63) is 78.4 Å². The van der Waals surface area contributed by atoms with Crippen LogP contribution in [0, 0.1) is 0 Å². The Morgan fingerprint density at radius 3 is 2.35 bits per heavy atom. The van der Waals surface area contributed by atoms with Crippen molar-refractivity contribution >= 4 is 23.0 Å². The smallest absolute Gasteiger partial charge is 0.246 e. The van der Waals surface area contributed by atoms with E-state index in [1.165, 1.54) is 11.3 Å². The van der Waals surface area contributed by atoms with Gasteiger partial charge in [-0.3, -0.25) is 9.69 Å². The lowest BCUT2D eigenvalue weighted by molar-refractivity contribution is -0.116. The molecule has 1 fully saturated rings. The summed E-state index contributed by atoms with van der Waals surface area (Å²) in [7, 11) is 0. The molecule has 5 rings (SSSR count). The van der Waals surface area contributed by atoms with E-state index < -0.39 is 6.04 Å². The van der Waals surface area contributed by atoms with Crippen LogP contribution in [0.15, 0.2) is 72.8 Å². The molecular weight excluding hydrogens is 428 g/mol. The maximum atomic E-state index is 12.6. The quantitative estimate of drug-likeness (QED) is 0.554. The summed E-state index contributed by atoms with van der Waals surface area (Å²) in [5.74, 6) is 1.23. The van der Waals surface area contributed by atoms with Gasteiger partial charge in [0.05, 0.1) is 0 Å². The van der Waals surface area contributed by atoms with E-state index in [9.17, 15) is 4.79 Å². The van der Waals surface area contributed by atoms with Gasteiger partial charge in [0.2, 0.25) is 12.7 Å². The summed E-state index contributed by atoms with van der Waals surface area (Å²) in [5, 5.41) is 6.21. The van der Waals surface area contributed by atoms with E-state index >= 15 is 0 Å². The number of benzene rings is 3. The lowest BCUT2D eigenvalue weighted by Gasteiger charge is -2.36. The molecule has 7 nitrogen and oxygen atoms in total. The topological polar surface area (TPSA) is 66.1 Å². The Bertz CT molecular complexity index is 1110. The largest absolute Gasteiger partial charge is 0.454 e. The van der Waals surface area contributed by atoms with E-state index in [2.05, 4.69) is 62.9 Å². The molecule has 1 atom stereocenters. The van der Waals surface area contributed by atoms with Crippen molar-refractivity contribution in [3.8, 4) is 11.5 Å². The molecule has 2 aliphatic rings. The number of ether oxygens (including phenoxy) is 2. The van der Waals surface area contributed by atoms with Crippen molar-refractivity contribution in [1.29, 1.82) is 0 Å². The van der Waals surface area contributed by atoms with Crippen LogP contribution in [0.3, 0.4) is 0 Å². The molecule has 176 valence electrons. The van der Waals surface area contributed by atoms with Crippen molar-refractivity contribution in [2.24, 2.45) is 0 Å². The summed E-state index contributed by atoms with van der Waals surface area (Å²) in [6.07, 6.45) is 0. The Morgan fingerprint density at radius 2 is 1.59 bits per heavy atom. The van der Waals surface area contributed by atoms with Gasteiger partial charge in [-0.25, -0.2) is 0 Å². The van der Waals surface area contributed by atoms with Crippen LogP contribution in [-0.4, -0.2) is 49.8 Å². The van der Waals surface area contributed by atoms with Gasteiger partial charge in [-0.05, 0) is 48.9 Å². The summed E-state index contributed by atoms with van der Waals surface area (Å²) < 4.78 is 10.7. The van der Waals surface area contributed by atoms with Crippen molar-refractivity contribution in [2.45, 2.75) is 19.5 Å². The summed E-state index contributed by atoms with van der Waals surface area (Å²) in [6, 6.07) is 24.0. The van der Waals surface area contributed by atoms with Crippen molar-refractivity contribution in [1.82, 2.24) is 4.90 Å². The molecule has 0 saturated carbocycles. The van der Waals surface area contributed by atoms with Gasteiger partial charge < -0.3 is 25.0 Å². The first-order valence-corrected chi connectivity index (χ1v) is 11.7. The number of amides is 1. The highest BCUT2D eigenvalue weighted by atomic mass is 16.7. The zero-order valence-corrected chi connectivity index (χ0v) is 19.4. The van der Waals surface area contributed by atoms with Gasteiger partial charge in [-0.1, -0.05) is 30.3 Å². The minimum Gasteiger partial charge on any atom is -0.454 e. The minimum atomic E-state index is -0.391. The van der Waals surface area contributed by atoms with Gasteiger partial charge in [0.15, 0.2) is 11.5 Å². The molecule has 0 spiro atoms. The zero-order valence-electron chi connectivity index (χ0n) is 19.4. The molecule has 3 aromatic carbocycles. The van der Waals surface area contributed by atoms with E-state index in [1.807, 2.05) is 25.1 Å². The maximum Gasteiger partial charge on any atom is 0.246 e. The Kier molecular flexibility index (Phi) is 6.53. The Hall–Kier alpha value is -3.71. The van der Waals surface area contributed by atoms with E-state index in [0.29, 0.717) is 17.2 Å². The first kappa shape index (κ1) is 22.1. The van der Waals surface area contributed by atoms with E-state index in [4.69, 9.17) is 9.47 Å². The fourth-order valence-corrected chi connectivity index (χ4v) is 4.31. The van der Waals surface area contributed by atoms with Gasteiger partial charge >= 0.3 is 0 Å². The average molecular weight is 459 g/mol.